The van der Waals surface area contributed by atoms with E-state index in [2.05, 4.69) is 94.7 Å². The number of rotatable bonds is 7. The van der Waals surface area contributed by atoms with Crippen LogP contribution in [0.15, 0.2) is 91.1 Å². The molecule has 4 nitrogen and oxygen atoms in total. The molecule has 0 atom stereocenters. The molecule has 0 saturated heterocycles. The van der Waals surface area contributed by atoms with Crippen LogP contribution in [0.2, 0.25) is 0 Å². The number of hydrogen-bond donors (Lipinski definition) is 0. The van der Waals surface area contributed by atoms with Gasteiger partial charge in [0.1, 0.15) is 0 Å². The summed E-state index contributed by atoms with van der Waals surface area (Å²) in [5.41, 5.74) is 10.0. The van der Waals surface area contributed by atoms with E-state index in [1.807, 2.05) is 50.4 Å². The van der Waals surface area contributed by atoms with Crippen molar-refractivity contribution in [1.29, 1.82) is 0 Å². The van der Waals surface area contributed by atoms with E-state index in [-0.39, 0.29) is 0 Å². The lowest BCUT2D eigenvalue weighted by Crippen LogP contribution is -2.02. The van der Waals surface area contributed by atoms with E-state index in [1.54, 1.807) is 0 Å². The van der Waals surface area contributed by atoms with Crippen LogP contribution < -0.4 is 0 Å². The highest BCUT2D eigenvalue weighted by atomic mass is 15.0. The van der Waals surface area contributed by atoms with Gasteiger partial charge in [-0.05, 0) is 80.7 Å². The number of aromatic nitrogens is 3. The van der Waals surface area contributed by atoms with Crippen molar-refractivity contribution in [3.8, 4) is 11.4 Å². The van der Waals surface area contributed by atoms with Crippen LogP contribution in [0.25, 0.3) is 57.6 Å². The van der Waals surface area contributed by atoms with Crippen LogP contribution in [0.4, 0.5) is 5.69 Å². The van der Waals surface area contributed by atoms with E-state index in [4.69, 9.17) is 4.98 Å². The van der Waals surface area contributed by atoms with E-state index in [0.29, 0.717) is 0 Å². The second-order valence-corrected chi connectivity index (χ2v) is 8.44. The van der Waals surface area contributed by atoms with Crippen LogP contribution in [0, 0.1) is 0 Å². The standard InChI is InChI=1S/C32H28N4/c1-6-12-27-25(9-4)31(33-5)29(13-7-2)35(27)23-14-10-15-24(21-23)36-28-18-17-22(8-3)20-26(28)32-30(36)16-11-19-34-32/h6-21H,3-5H2,1-2H3/b12-6-,13-7-. The Labute approximate surface area is 211 Å². The first-order valence-electron chi connectivity index (χ1n) is 11.9. The maximum Gasteiger partial charge on any atom is 0.0963 e. The fourth-order valence-corrected chi connectivity index (χ4v) is 4.92. The van der Waals surface area contributed by atoms with Gasteiger partial charge in [-0.25, -0.2) is 0 Å². The molecule has 0 bridgehead atoms. The largest absolute Gasteiger partial charge is 0.308 e. The van der Waals surface area contributed by atoms with Gasteiger partial charge in [-0.15, -0.1) is 0 Å². The smallest absolute Gasteiger partial charge is 0.0963 e. The molecule has 0 N–H and O–H groups in total. The zero-order valence-corrected chi connectivity index (χ0v) is 20.6. The van der Waals surface area contributed by atoms with E-state index in [0.717, 1.165) is 61.5 Å². The molecule has 0 aliphatic rings. The molecule has 5 rings (SSSR count). The summed E-state index contributed by atoms with van der Waals surface area (Å²) in [7, 11) is 0. The van der Waals surface area contributed by atoms with Gasteiger partial charge in [0.2, 0.25) is 0 Å². The lowest BCUT2D eigenvalue weighted by atomic mass is 10.1. The Bertz CT molecular complexity index is 1660. The van der Waals surface area contributed by atoms with Crippen molar-refractivity contribution in [3.63, 3.8) is 0 Å². The first-order valence-corrected chi connectivity index (χ1v) is 11.9. The molecule has 0 aliphatic carbocycles. The van der Waals surface area contributed by atoms with Crippen molar-refractivity contribution in [2.24, 2.45) is 4.99 Å². The first kappa shape index (κ1) is 23.1. The van der Waals surface area contributed by atoms with Crippen LogP contribution >= 0.6 is 0 Å². The number of aliphatic imine (C=N–C) groups is 1. The van der Waals surface area contributed by atoms with Crippen LogP contribution in [-0.2, 0) is 0 Å². The molecule has 3 heterocycles. The number of benzene rings is 2. The molecule has 5 aromatic rings. The number of allylic oxidation sites excluding steroid dienone is 2. The summed E-state index contributed by atoms with van der Waals surface area (Å²) in [6.45, 7) is 15.9. The van der Waals surface area contributed by atoms with Gasteiger partial charge in [-0.1, -0.05) is 49.6 Å². The third-order valence-electron chi connectivity index (χ3n) is 6.39. The number of fused-ring (bicyclic) bond motifs is 3. The van der Waals surface area contributed by atoms with E-state index >= 15 is 0 Å². The minimum Gasteiger partial charge on any atom is -0.308 e. The highest BCUT2D eigenvalue weighted by Gasteiger charge is 2.20. The van der Waals surface area contributed by atoms with Crippen molar-refractivity contribution < 1.29 is 0 Å². The molecule has 176 valence electrons. The third-order valence-corrected chi connectivity index (χ3v) is 6.39. The summed E-state index contributed by atoms with van der Waals surface area (Å²) in [5, 5.41) is 1.10. The molecular weight excluding hydrogens is 440 g/mol. The molecular formula is C32H28N4. The Morgan fingerprint density at radius 3 is 2.25 bits per heavy atom. The summed E-state index contributed by atoms with van der Waals surface area (Å²) >= 11 is 0. The molecule has 3 aromatic heterocycles. The Morgan fingerprint density at radius 2 is 1.56 bits per heavy atom. The van der Waals surface area contributed by atoms with Gasteiger partial charge >= 0.3 is 0 Å². The monoisotopic (exact) mass is 468 g/mol. The lowest BCUT2D eigenvalue weighted by molar-refractivity contribution is 1.03. The predicted molar refractivity (Wildman–Crippen MR) is 157 cm³/mol. The zero-order chi connectivity index (χ0) is 25.2. The summed E-state index contributed by atoms with van der Waals surface area (Å²) in [6.07, 6.45) is 13.8. The summed E-state index contributed by atoms with van der Waals surface area (Å²) < 4.78 is 4.48. The molecule has 0 spiro atoms. The summed E-state index contributed by atoms with van der Waals surface area (Å²) in [4.78, 5) is 9.09. The van der Waals surface area contributed by atoms with Crippen molar-refractivity contribution in [3.05, 3.63) is 109 Å². The Morgan fingerprint density at radius 1 is 0.806 bits per heavy atom. The van der Waals surface area contributed by atoms with Gasteiger partial charge in [0, 0.05) is 28.5 Å². The molecule has 0 unspecified atom stereocenters. The van der Waals surface area contributed by atoms with E-state index in [1.165, 1.54) is 0 Å². The number of pyridine rings is 1. The van der Waals surface area contributed by atoms with Gasteiger partial charge in [-0.3, -0.25) is 9.98 Å². The minimum absolute atomic E-state index is 0.819. The third kappa shape index (κ3) is 3.55. The van der Waals surface area contributed by atoms with Crippen LogP contribution in [0.1, 0.15) is 36.4 Å². The molecule has 0 saturated carbocycles. The lowest BCUT2D eigenvalue weighted by Gasteiger charge is -2.14. The number of nitrogens with zero attached hydrogens (tertiary/aromatic N) is 4. The normalized spacial score (nSPS) is 11.7. The van der Waals surface area contributed by atoms with E-state index in [9.17, 15) is 0 Å². The molecule has 0 aliphatic heterocycles. The van der Waals surface area contributed by atoms with Gasteiger partial charge in [0.05, 0.1) is 33.6 Å². The second-order valence-electron chi connectivity index (χ2n) is 8.44. The molecule has 2 aromatic carbocycles. The highest BCUT2D eigenvalue weighted by molar-refractivity contribution is 6.07. The molecule has 36 heavy (non-hydrogen) atoms. The SMILES string of the molecule is C=Cc1ccc2c(c1)c1ncccc1n2-c1cccc(-n2c(/C=C\C)c(C=C)c(N=C)c2/C=C\C)c1. The van der Waals surface area contributed by atoms with Gasteiger partial charge in [0.25, 0.3) is 0 Å². The summed E-state index contributed by atoms with van der Waals surface area (Å²) in [5.74, 6) is 0. The van der Waals surface area contributed by atoms with Crippen molar-refractivity contribution in [2.45, 2.75) is 13.8 Å². The second kappa shape index (κ2) is 9.51. The predicted octanol–water partition coefficient (Wildman–Crippen LogP) is 8.65. The maximum absolute atomic E-state index is 4.72. The highest BCUT2D eigenvalue weighted by Crippen LogP contribution is 2.37. The molecule has 0 fully saturated rings. The molecule has 0 amide bonds. The van der Waals surface area contributed by atoms with Crippen molar-refractivity contribution in [2.75, 3.05) is 0 Å². The van der Waals surface area contributed by atoms with Crippen LogP contribution in [0.3, 0.4) is 0 Å². The van der Waals surface area contributed by atoms with Gasteiger partial charge < -0.3 is 9.13 Å². The van der Waals surface area contributed by atoms with E-state index < -0.39 is 0 Å². The fourth-order valence-electron chi connectivity index (χ4n) is 4.92. The quantitative estimate of drug-likeness (QED) is 0.220. The first-order chi connectivity index (χ1) is 17.7. The van der Waals surface area contributed by atoms with Crippen LogP contribution in [0.5, 0.6) is 0 Å². The molecule has 0 radical (unpaired) electrons. The fraction of sp³-hybridized carbons (Fsp3) is 0.0625. The number of hydrogen-bond acceptors (Lipinski definition) is 2. The van der Waals surface area contributed by atoms with Gasteiger partial charge in [0.15, 0.2) is 0 Å². The Hall–Kier alpha value is -4.70. The van der Waals surface area contributed by atoms with Crippen molar-refractivity contribution in [1.82, 2.24) is 14.1 Å². The minimum atomic E-state index is 0.819. The summed E-state index contributed by atoms with van der Waals surface area (Å²) in [6, 6.07) is 19.0. The topological polar surface area (TPSA) is 35.1 Å². The molecule has 4 heteroatoms. The van der Waals surface area contributed by atoms with Gasteiger partial charge in [-0.2, -0.15) is 0 Å². The zero-order valence-electron chi connectivity index (χ0n) is 20.6. The maximum atomic E-state index is 4.72. The van der Waals surface area contributed by atoms with Crippen molar-refractivity contribution >= 4 is 58.6 Å². The Kier molecular flexibility index (Phi) is 6.09. The average Bonchev–Trinajstić information content (AvgIpc) is 3.40. The average molecular weight is 469 g/mol. The Balaban J connectivity index is 1.84. The van der Waals surface area contributed by atoms with Crippen LogP contribution in [-0.4, -0.2) is 20.8 Å².